The predicted octanol–water partition coefficient (Wildman–Crippen LogP) is 3.88. The summed E-state index contributed by atoms with van der Waals surface area (Å²) in [5, 5.41) is 7.33. The molecule has 1 unspecified atom stereocenters. The van der Waals surface area contributed by atoms with Crippen LogP contribution in [-0.4, -0.2) is 16.0 Å². The normalized spacial score (nSPS) is 11.9. The molecular weight excluding hydrogens is 314 g/mol. The highest BCUT2D eigenvalue weighted by molar-refractivity contribution is 6.30. The minimum absolute atomic E-state index is 0.174. The molecule has 0 radical (unpaired) electrons. The van der Waals surface area contributed by atoms with Crippen LogP contribution in [-0.2, 0) is 0 Å². The van der Waals surface area contributed by atoms with E-state index in [0.29, 0.717) is 10.8 Å². The number of carbonyl (C=O) groups excluding carboxylic acids is 1. The molecule has 0 aliphatic carbocycles. The molecule has 0 fully saturated rings. The lowest BCUT2D eigenvalue weighted by Gasteiger charge is -2.12. The minimum Gasteiger partial charge on any atom is -0.355 e. The first-order valence-corrected chi connectivity index (χ1v) is 7.45. The van der Waals surface area contributed by atoms with Gasteiger partial charge in [-0.05, 0) is 42.8 Å². The summed E-state index contributed by atoms with van der Waals surface area (Å²) >= 11 is 5.85. The number of hydrogen-bond donors (Lipinski definition) is 1. The summed E-state index contributed by atoms with van der Waals surface area (Å²) in [4.78, 5) is 16.3. The summed E-state index contributed by atoms with van der Waals surface area (Å²) in [6, 6.07) is 12.3. The Hall–Kier alpha value is -2.66. The monoisotopic (exact) mass is 327 g/mol. The molecule has 2 aromatic heterocycles. The van der Waals surface area contributed by atoms with E-state index in [1.54, 1.807) is 30.6 Å². The van der Waals surface area contributed by atoms with Crippen molar-refractivity contribution in [3.63, 3.8) is 0 Å². The smallest absolute Gasteiger partial charge is 0.273 e. The number of nitrogens with zero attached hydrogens (tertiary/aromatic N) is 2. The second kappa shape index (κ2) is 6.62. The van der Waals surface area contributed by atoms with E-state index in [-0.39, 0.29) is 17.6 Å². The molecule has 1 amide bonds. The third-order valence-electron chi connectivity index (χ3n) is 3.40. The van der Waals surface area contributed by atoms with E-state index in [0.717, 1.165) is 11.1 Å². The molecule has 1 N–H and O–H groups in total. The van der Waals surface area contributed by atoms with Gasteiger partial charge >= 0.3 is 0 Å². The summed E-state index contributed by atoms with van der Waals surface area (Å²) in [7, 11) is 0. The summed E-state index contributed by atoms with van der Waals surface area (Å²) in [5.41, 5.74) is 1.95. The Morgan fingerprint density at radius 3 is 2.74 bits per heavy atom. The Bertz CT molecular complexity index is 800. The highest BCUT2D eigenvalue weighted by atomic mass is 35.5. The van der Waals surface area contributed by atoms with Crippen LogP contribution in [0.15, 0.2) is 59.4 Å². The zero-order chi connectivity index (χ0) is 16.2. The number of amides is 1. The van der Waals surface area contributed by atoms with Crippen molar-refractivity contribution in [3.05, 3.63) is 71.1 Å². The molecule has 2 heterocycles. The average Bonchev–Trinajstić information content (AvgIpc) is 3.06. The van der Waals surface area contributed by atoms with E-state index in [1.807, 2.05) is 31.2 Å². The third kappa shape index (κ3) is 3.57. The highest BCUT2D eigenvalue weighted by Crippen LogP contribution is 2.22. The second-order valence-corrected chi connectivity index (χ2v) is 5.50. The number of hydrogen-bond acceptors (Lipinski definition) is 4. The molecule has 0 saturated heterocycles. The summed E-state index contributed by atoms with van der Waals surface area (Å²) in [6.45, 7) is 1.88. The molecule has 0 spiro atoms. The first kappa shape index (κ1) is 15.2. The molecule has 23 heavy (non-hydrogen) atoms. The molecule has 0 aliphatic heterocycles. The molecule has 6 heteroatoms. The van der Waals surface area contributed by atoms with Crippen molar-refractivity contribution in [1.29, 1.82) is 0 Å². The average molecular weight is 328 g/mol. The van der Waals surface area contributed by atoms with Gasteiger partial charge in [-0.15, -0.1) is 0 Å². The maximum atomic E-state index is 12.3. The molecule has 0 aliphatic rings. The van der Waals surface area contributed by atoms with Crippen LogP contribution in [0.3, 0.4) is 0 Å². The van der Waals surface area contributed by atoms with Crippen LogP contribution in [0.5, 0.6) is 0 Å². The standard InChI is InChI=1S/C17H14ClN3O2/c1-11(13-3-2-8-19-10-13)20-17(22)15-9-16(23-21-15)12-4-6-14(18)7-5-12/h2-11H,1H3,(H,20,22). The first-order valence-electron chi connectivity index (χ1n) is 7.07. The van der Waals surface area contributed by atoms with Gasteiger partial charge in [-0.1, -0.05) is 22.8 Å². The summed E-state index contributed by atoms with van der Waals surface area (Å²) < 4.78 is 5.23. The zero-order valence-electron chi connectivity index (χ0n) is 12.4. The Labute approximate surface area is 138 Å². The zero-order valence-corrected chi connectivity index (χ0v) is 13.1. The molecule has 5 nitrogen and oxygen atoms in total. The minimum atomic E-state index is -0.301. The van der Waals surface area contributed by atoms with Crippen LogP contribution in [0.1, 0.15) is 29.0 Å². The third-order valence-corrected chi connectivity index (χ3v) is 3.66. The number of nitrogens with one attached hydrogen (secondary N) is 1. The van der Waals surface area contributed by atoms with Gasteiger partial charge in [0.25, 0.3) is 5.91 Å². The van der Waals surface area contributed by atoms with Crippen molar-refractivity contribution in [2.45, 2.75) is 13.0 Å². The van der Waals surface area contributed by atoms with Crippen molar-refractivity contribution in [3.8, 4) is 11.3 Å². The van der Waals surface area contributed by atoms with Crippen LogP contribution >= 0.6 is 11.6 Å². The van der Waals surface area contributed by atoms with Crippen LogP contribution in [0.25, 0.3) is 11.3 Å². The van der Waals surface area contributed by atoms with Crippen LogP contribution in [0, 0.1) is 0 Å². The Morgan fingerprint density at radius 1 is 1.26 bits per heavy atom. The van der Waals surface area contributed by atoms with E-state index in [1.165, 1.54) is 0 Å². The van der Waals surface area contributed by atoms with Crippen molar-refractivity contribution >= 4 is 17.5 Å². The van der Waals surface area contributed by atoms with Crippen molar-refractivity contribution in [2.24, 2.45) is 0 Å². The molecule has 1 atom stereocenters. The van der Waals surface area contributed by atoms with Gasteiger partial charge in [0.1, 0.15) is 0 Å². The molecule has 0 bridgehead atoms. The predicted molar refractivity (Wildman–Crippen MR) is 87.1 cm³/mol. The van der Waals surface area contributed by atoms with Gasteiger partial charge in [0.15, 0.2) is 11.5 Å². The number of halogens is 1. The van der Waals surface area contributed by atoms with Crippen molar-refractivity contribution < 1.29 is 9.32 Å². The van der Waals surface area contributed by atoms with E-state index in [4.69, 9.17) is 16.1 Å². The lowest BCUT2D eigenvalue weighted by Crippen LogP contribution is -2.26. The van der Waals surface area contributed by atoms with Gasteiger partial charge in [0, 0.05) is 29.0 Å². The molecule has 0 saturated carbocycles. The van der Waals surface area contributed by atoms with Gasteiger partial charge in [-0.2, -0.15) is 0 Å². The fourth-order valence-corrected chi connectivity index (χ4v) is 2.24. The fraction of sp³-hybridized carbons (Fsp3) is 0.118. The van der Waals surface area contributed by atoms with Gasteiger partial charge in [0.05, 0.1) is 6.04 Å². The van der Waals surface area contributed by atoms with Crippen LogP contribution in [0.4, 0.5) is 0 Å². The van der Waals surface area contributed by atoms with E-state index >= 15 is 0 Å². The fourth-order valence-electron chi connectivity index (χ4n) is 2.12. The maximum Gasteiger partial charge on any atom is 0.273 e. The van der Waals surface area contributed by atoms with Crippen molar-refractivity contribution in [1.82, 2.24) is 15.5 Å². The molecule has 3 aromatic rings. The molecule has 1 aromatic carbocycles. The van der Waals surface area contributed by atoms with Crippen molar-refractivity contribution in [2.75, 3.05) is 0 Å². The van der Waals surface area contributed by atoms with E-state index < -0.39 is 0 Å². The number of pyridine rings is 1. The topological polar surface area (TPSA) is 68.0 Å². The summed E-state index contributed by atoms with van der Waals surface area (Å²) in [5.74, 6) is 0.214. The SMILES string of the molecule is CC(NC(=O)c1cc(-c2ccc(Cl)cc2)on1)c1cccnc1. The lowest BCUT2D eigenvalue weighted by molar-refractivity contribution is 0.0931. The largest absolute Gasteiger partial charge is 0.355 e. The molecule has 3 rings (SSSR count). The van der Waals surface area contributed by atoms with Crippen LogP contribution in [0.2, 0.25) is 5.02 Å². The van der Waals surface area contributed by atoms with E-state index in [2.05, 4.69) is 15.5 Å². The first-order chi connectivity index (χ1) is 11.1. The van der Waals surface area contributed by atoms with E-state index in [9.17, 15) is 4.79 Å². The molecular formula is C17H14ClN3O2. The Morgan fingerprint density at radius 2 is 2.04 bits per heavy atom. The number of benzene rings is 1. The lowest BCUT2D eigenvalue weighted by atomic mass is 10.1. The number of aromatic nitrogens is 2. The maximum absolute atomic E-state index is 12.3. The van der Waals surface area contributed by atoms with Crippen LogP contribution < -0.4 is 5.32 Å². The Kier molecular flexibility index (Phi) is 4.39. The summed E-state index contributed by atoms with van der Waals surface area (Å²) in [6.07, 6.45) is 3.40. The van der Waals surface area contributed by atoms with Gasteiger partial charge in [-0.25, -0.2) is 0 Å². The quantitative estimate of drug-likeness (QED) is 0.789. The highest BCUT2D eigenvalue weighted by Gasteiger charge is 2.16. The number of rotatable bonds is 4. The number of carbonyl (C=O) groups is 1. The molecule has 116 valence electrons. The Balaban J connectivity index is 1.72. The van der Waals surface area contributed by atoms with Gasteiger partial charge in [0.2, 0.25) is 0 Å². The van der Waals surface area contributed by atoms with Gasteiger partial charge < -0.3 is 9.84 Å². The second-order valence-electron chi connectivity index (χ2n) is 5.06. The van der Waals surface area contributed by atoms with Gasteiger partial charge in [-0.3, -0.25) is 9.78 Å².